The number of hydrogen-bond acceptors (Lipinski definition) is 2. The van der Waals surface area contributed by atoms with Crippen molar-refractivity contribution in [3.8, 4) is 5.75 Å². The molecule has 106 valence electrons. The molecule has 0 aliphatic carbocycles. The molecule has 0 fully saturated rings. The van der Waals surface area contributed by atoms with Gasteiger partial charge in [0.2, 0.25) is 0 Å². The Balaban J connectivity index is 2.19. The van der Waals surface area contributed by atoms with E-state index in [2.05, 4.69) is 21.2 Å². The first kappa shape index (κ1) is 14.8. The van der Waals surface area contributed by atoms with Crippen LogP contribution in [0.25, 0.3) is 0 Å². The fourth-order valence-electron chi connectivity index (χ4n) is 1.86. The molecule has 0 aromatic heterocycles. The van der Waals surface area contributed by atoms with E-state index in [1.807, 2.05) is 6.92 Å². The van der Waals surface area contributed by atoms with Gasteiger partial charge in [-0.05, 0) is 58.7 Å². The van der Waals surface area contributed by atoms with Crippen molar-refractivity contribution >= 4 is 21.6 Å². The molecule has 0 saturated heterocycles. The monoisotopic (exact) mass is 341 g/mol. The maximum atomic E-state index is 13.4. The fraction of sp³-hybridized carbons (Fsp3) is 0.200. The fourth-order valence-corrected chi connectivity index (χ4v) is 2.24. The summed E-state index contributed by atoms with van der Waals surface area (Å²) < 4.78 is 31.9. The van der Waals surface area contributed by atoms with Crippen LogP contribution in [-0.4, -0.2) is 7.11 Å². The number of benzene rings is 2. The summed E-state index contributed by atoms with van der Waals surface area (Å²) in [5.74, 6) is -0.504. The molecular formula is C15H14BrF2NO. The standard InChI is InChI=1S/C15H14BrF2NO/c1-9(10-3-5-14(18)15(7-10)20-2)19-11-4-6-13(17)12(16)8-11/h3-9,19H,1-2H3. The molecule has 2 aromatic carbocycles. The number of ether oxygens (including phenoxy) is 1. The highest BCUT2D eigenvalue weighted by Crippen LogP contribution is 2.27. The van der Waals surface area contributed by atoms with E-state index in [9.17, 15) is 8.78 Å². The van der Waals surface area contributed by atoms with Crippen LogP contribution in [0.15, 0.2) is 40.9 Å². The van der Waals surface area contributed by atoms with Gasteiger partial charge in [-0.3, -0.25) is 0 Å². The zero-order valence-electron chi connectivity index (χ0n) is 11.1. The first-order valence-electron chi connectivity index (χ1n) is 6.06. The predicted octanol–water partition coefficient (Wildman–Crippen LogP) is 4.91. The Labute approximate surface area is 124 Å². The van der Waals surface area contributed by atoms with Crippen molar-refractivity contribution in [2.24, 2.45) is 0 Å². The first-order chi connectivity index (χ1) is 9.51. The lowest BCUT2D eigenvalue weighted by Gasteiger charge is -2.17. The number of rotatable bonds is 4. The molecule has 0 aliphatic heterocycles. The van der Waals surface area contributed by atoms with Gasteiger partial charge in [0.05, 0.1) is 11.6 Å². The minimum Gasteiger partial charge on any atom is -0.494 e. The number of halogens is 3. The maximum Gasteiger partial charge on any atom is 0.165 e. The minimum atomic E-state index is -0.395. The molecule has 2 aromatic rings. The molecule has 1 N–H and O–H groups in total. The summed E-state index contributed by atoms with van der Waals surface area (Å²) in [6, 6.07) is 9.32. The third-order valence-electron chi connectivity index (χ3n) is 2.98. The molecule has 0 heterocycles. The maximum absolute atomic E-state index is 13.4. The topological polar surface area (TPSA) is 21.3 Å². The third kappa shape index (κ3) is 3.28. The van der Waals surface area contributed by atoms with Crippen molar-refractivity contribution in [2.45, 2.75) is 13.0 Å². The van der Waals surface area contributed by atoms with Gasteiger partial charge in [-0.2, -0.15) is 0 Å². The Hall–Kier alpha value is -1.62. The van der Waals surface area contributed by atoms with Gasteiger partial charge in [-0.25, -0.2) is 8.78 Å². The van der Waals surface area contributed by atoms with Gasteiger partial charge in [-0.15, -0.1) is 0 Å². The summed E-state index contributed by atoms with van der Waals surface area (Å²) in [5.41, 5.74) is 1.65. The van der Waals surface area contributed by atoms with Crippen molar-refractivity contribution < 1.29 is 13.5 Å². The second-order valence-electron chi connectivity index (χ2n) is 4.39. The van der Waals surface area contributed by atoms with Crippen LogP contribution >= 0.6 is 15.9 Å². The number of anilines is 1. The Kier molecular flexibility index (Phi) is 4.60. The van der Waals surface area contributed by atoms with Crippen molar-refractivity contribution in [1.82, 2.24) is 0 Å². The zero-order chi connectivity index (χ0) is 14.7. The molecule has 0 spiro atoms. The van der Waals surface area contributed by atoms with Gasteiger partial charge >= 0.3 is 0 Å². The van der Waals surface area contributed by atoms with Crippen LogP contribution in [0, 0.1) is 11.6 Å². The van der Waals surface area contributed by atoms with Crippen LogP contribution in [0.4, 0.5) is 14.5 Å². The second kappa shape index (κ2) is 6.22. The summed E-state index contributed by atoms with van der Waals surface area (Å²) in [5, 5.41) is 3.22. The Morgan fingerprint density at radius 1 is 1.10 bits per heavy atom. The molecule has 2 nitrogen and oxygen atoms in total. The van der Waals surface area contributed by atoms with Crippen molar-refractivity contribution in [1.29, 1.82) is 0 Å². The van der Waals surface area contributed by atoms with Gasteiger partial charge in [0, 0.05) is 11.7 Å². The summed E-state index contributed by atoms with van der Waals surface area (Å²) >= 11 is 3.14. The van der Waals surface area contributed by atoms with Crippen LogP contribution in [0.5, 0.6) is 5.75 Å². The molecule has 20 heavy (non-hydrogen) atoms. The van der Waals surface area contributed by atoms with Gasteiger partial charge in [0.15, 0.2) is 11.6 Å². The zero-order valence-corrected chi connectivity index (χ0v) is 12.7. The lowest BCUT2D eigenvalue weighted by Crippen LogP contribution is -2.07. The molecule has 0 bridgehead atoms. The van der Waals surface area contributed by atoms with Crippen LogP contribution in [0.2, 0.25) is 0 Å². The largest absolute Gasteiger partial charge is 0.494 e. The minimum absolute atomic E-state index is 0.0677. The van der Waals surface area contributed by atoms with Gasteiger partial charge in [-0.1, -0.05) is 6.07 Å². The molecule has 0 amide bonds. The average Bonchev–Trinajstić information content (AvgIpc) is 2.43. The van der Waals surface area contributed by atoms with Crippen molar-refractivity contribution in [3.05, 3.63) is 58.1 Å². The van der Waals surface area contributed by atoms with Crippen LogP contribution in [0.3, 0.4) is 0 Å². The highest BCUT2D eigenvalue weighted by Gasteiger charge is 2.10. The smallest absolute Gasteiger partial charge is 0.165 e. The van der Waals surface area contributed by atoms with Gasteiger partial charge in [0.1, 0.15) is 5.82 Å². The van der Waals surface area contributed by atoms with Crippen molar-refractivity contribution in [2.75, 3.05) is 12.4 Å². The Bertz CT molecular complexity index is 619. The predicted molar refractivity (Wildman–Crippen MR) is 79.1 cm³/mol. The van der Waals surface area contributed by atoms with E-state index in [0.717, 1.165) is 11.3 Å². The SMILES string of the molecule is COc1cc(C(C)Nc2ccc(F)c(Br)c2)ccc1F. The highest BCUT2D eigenvalue weighted by atomic mass is 79.9. The van der Waals surface area contributed by atoms with Gasteiger partial charge < -0.3 is 10.1 Å². The molecule has 0 radical (unpaired) electrons. The Morgan fingerprint density at radius 3 is 2.45 bits per heavy atom. The van der Waals surface area contributed by atoms with E-state index in [0.29, 0.717) is 4.47 Å². The highest BCUT2D eigenvalue weighted by molar-refractivity contribution is 9.10. The normalized spacial score (nSPS) is 12.1. The quantitative estimate of drug-likeness (QED) is 0.853. The lowest BCUT2D eigenvalue weighted by atomic mass is 10.1. The Morgan fingerprint density at radius 2 is 1.80 bits per heavy atom. The van der Waals surface area contributed by atoms with Crippen LogP contribution in [-0.2, 0) is 0 Å². The molecular weight excluding hydrogens is 328 g/mol. The number of methoxy groups -OCH3 is 1. The second-order valence-corrected chi connectivity index (χ2v) is 5.24. The molecule has 5 heteroatoms. The first-order valence-corrected chi connectivity index (χ1v) is 6.85. The molecule has 2 rings (SSSR count). The molecule has 1 atom stereocenters. The van der Waals surface area contributed by atoms with Crippen molar-refractivity contribution in [3.63, 3.8) is 0 Å². The van der Waals surface area contributed by atoms with E-state index in [-0.39, 0.29) is 17.6 Å². The lowest BCUT2D eigenvalue weighted by molar-refractivity contribution is 0.385. The van der Waals surface area contributed by atoms with E-state index in [1.165, 1.54) is 19.2 Å². The molecule has 0 aliphatic rings. The van der Waals surface area contributed by atoms with E-state index in [1.54, 1.807) is 24.3 Å². The molecule has 1 unspecified atom stereocenters. The van der Waals surface area contributed by atoms with E-state index >= 15 is 0 Å². The van der Waals surface area contributed by atoms with E-state index in [4.69, 9.17) is 4.74 Å². The third-order valence-corrected chi connectivity index (χ3v) is 3.59. The number of hydrogen-bond donors (Lipinski definition) is 1. The summed E-state index contributed by atoms with van der Waals surface area (Å²) in [6.45, 7) is 1.93. The van der Waals surface area contributed by atoms with Crippen LogP contribution < -0.4 is 10.1 Å². The number of nitrogens with one attached hydrogen (secondary N) is 1. The average molecular weight is 342 g/mol. The summed E-state index contributed by atoms with van der Waals surface area (Å²) in [6.07, 6.45) is 0. The summed E-state index contributed by atoms with van der Waals surface area (Å²) in [4.78, 5) is 0. The van der Waals surface area contributed by atoms with Gasteiger partial charge in [0.25, 0.3) is 0 Å². The summed E-state index contributed by atoms with van der Waals surface area (Å²) in [7, 11) is 1.43. The molecule has 0 saturated carbocycles. The van der Waals surface area contributed by atoms with E-state index < -0.39 is 5.82 Å². The van der Waals surface area contributed by atoms with Crippen LogP contribution in [0.1, 0.15) is 18.5 Å².